The molecule has 7 nitrogen and oxygen atoms in total. The van der Waals surface area contributed by atoms with Crippen LogP contribution in [0.1, 0.15) is 47.6 Å². The smallest absolute Gasteiger partial charge is 0.220 e. The van der Waals surface area contributed by atoms with Crippen LogP contribution >= 0.6 is 0 Å². The Balaban J connectivity index is 1.32. The van der Waals surface area contributed by atoms with E-state index in [9.17, 15) is 9.18 Å². The van der Waals surface area contributed by atoms with Crippen molar-refractivity contribution in [2.75, 3.05) is 13.2 Å². The number of ether oxygens (including phenoxy) is 2. The third-order valence-corrected chi connectivity index (χ3v) is 6.68. The van der Waals surface area contributed by atoms with E-state index in [0.717, 1.165) is 50.7 Å². The van der Waals surface area contributed by atoms with Crippen LogP contribution in [0.4, 0.5) is 4.39 Å². The maximum absolute atomic E-state index is 13.4. The first-order valence-corrected chi connectivity index (χ1v) is 12.1. The zero-order valence-electron chi connectivity index (χ0n) is 20.9. The van der Waals surface area contributed by atoms with Crippen molar-refractivity contribution in [3.05, 3.63) is 76.5 Å². The molecule has 186 valence electrons. The minimum Gasteiger partial charge on any atom is -0.486 e. The number of nitrogens with zero attached hydrogens (tertiary/aromatic N) is 3. The molecule has 36 heavy (non-hydrogen) atoms. The Bertz CT molecular complexity index is 1450. The van der Waals surface area contributed by atoms with Gasteiger partial charge in [-0.05, 0) is 75.1 Å². The van der Waals surface area contributed by atoms with Gasteiger partial charge in [-0.2, -0.15) is 5.10 Å². The first-order valence-electron chi connectivity index (χ1n) is 12.1. The Morgan fingerprint density at radius 1 is 1.06 bits per heavy atom. The van der Waals surface area contributed by atoms with Crippen LogP contribution in [-0.4, -0.2) is 33.7 Å². The van der Waals surface area contributed by atoms with Crippen LogP contribution in [0.15, 0.2) is 42.5 Å². The molecule has 0 saturated carbocycles. The molecular formula is C28H29FN4O3. The molecule has 1 N–H and O–H groups in total. The number of hydrogen-bond acceptors (Lipinski definition) is 5. The fraction of sp³-hybridized carbons (Fsp3) is 0.321. The van der Waals surface area contributed by atoms with E-state index >= 15 is 0 Å². The van der Waals surface area contributed by atoms with Gasteiger partial charge in [0.25, 0.3) is 0 Å². The molecule has 2 aromatic carbocycles. The number of rotatable bonds is 6. The number of carbonyl (C=O) groups is 1. The second-order valence-corrected chi connectivity index (χ2v) is 9.16. The predicted octanol–water partition coefficient (Wildman–Crippen LogP) is 5.04. The molecule has 0 bridgehead atoms. The summed E-state index contributed by atoms with van der Waals surface area (Å²) >= 11 is 0. The molecule has 5 rings (SSSR count). The third kappa shape index (κ3) is 4.51. The highest BCUT2D eigenvalue weighted by Gasteiger charge is 2.20. The van der Waals surface area contributed by atoms with Gasteiger partial charge in [-0.25, -0.2) is 13.9 Å². The average molecular weight is 489 g/mol. The van der Waals surface area contributed by atoms with Gasteiger partial charge in [0.1, 0.15) is 19.0 Å². The predicted molar refractivity (Wildman–Crippen MR) is 135 cm³/mol. The van der Waals surface area contributed by atoms with Gasteiger partial charge in [-0.3, -0.25) is 4.79 Å². The van der Waals surface area contributed by atoms with Crippen molar-refractivity contribution < 1.29 is 18.7 Å². The molecule has 1 amide bonds. The molecular weight excluding hydrogens is 459 g/mol. The molecule has 0 saturated heterocycles. The number of halogens is 1. The quantitative estimate of drug-likeness (QED) is 0.411. The van der Waals surface area contributed by atoms with E-state index in [1.54, 1.807) is 12.1 Å². The monoisotopic (exact) mass is 488 g/mol. The summed E-state index contributed by atoms with van der Waals surface area (Å²) < 4.78 is 26.5. The highest BCUT2D eigenvalue weighted by molar-refractivity contribution is 5.80. The zero-order chi connectivity index (χ0) is 25.4. The number of hydrogen-bond donors (Lipinski definition) is 1. The van der Waals surface area contributed by atoms with E-state index in [0.29, 0.717) is 31.8 Å². The molecule has 0 radical (unpaired) electrons. The van der Waals surface area contributed by atoms with Crippen molar-refractivity contribution in [3.63, 3.8) is 0 Å². The molecule has 2 aromatic heterocycles. The van der Waals surface area contributed by atoms with Crippen LogP contribution in [0.5, 0.6) is 11.5 Å². The summed E-state index contributed by atoms with van der Waals surface area (Å²) in [4.78, 5) is 17.6. The Labute approximate surface area is 209 Å². The van der Waals surface area contributed by atoms with Crippen molar-refractivity contribution in [2.24, 2.45) is 0 Å². The number of aryl methyl sites for hydroxylation is 3. The van der Waals surface area contributed by atoms with Crippen LogP contribution in [0.3, 0.4) is 0 Å². The van der Waals surface area contributed by atoms with Gasteiger partial charge < -0.3 is 14.8 Å². The molecule has 1 aliphatic heterocycles. The largest absolute Gasteiger partial charge is 0.486 e. The maximum Gasteiger partial charge on any atom is 0.220 e. The summed E-state index contributed by atoms with van der Waals surface area (Å²) in [6.45, 7) is 8.90. The number of carbonyl (C=O) groups excluding carboxylic acids is 1. The second kappa shape index (κ2) is 9.60. The molecule has 4 aromatic rings. The van der Waals surface area contributed by atoms with Gasteiger partial charge in [0.05, 0.1) is 11.7 Å². The average Bonchev–Trinajstić information content (AvgIpc) is 3.19. The topological polar surface area (TPSA) is 77.8 Å². The van der Waals surface area contributed by atoms with Gasteiger partial charge in [0.15, 0.2) is 17.1 Å². The summed E-state index contributed by atoms with van der Waals surface area (Å²) in [5, 5.41) is 7.78. The summed E-state index contributed by atoms with van der Waals surface area (Å²) in [5.41, 5.74) is 7.07. The van der Waals surface area contributed by atoms with E-state index in [1.165, 1.54) is 12.1 Å². The van der Waals surface area contributed by atoms with E-state index in [1.807, 2.05) is 50.4 Å². The van der Waals surface area contributed by atoms with Crippen LogP contribution in [0, 0.1) is 26.6 Å². The van der Waals surface area contributed by atoms with Gasteiger partial charge in [0.2, 0.25) is 5.91 Å². The van der Waals surface area contributed by atoms with E-state index in [4.69, 9.17) is 19.6 Å². The van der Waals surface area contributed by atoms with Crippen LogP contribution < -0.4 is 14.8 Å². The van der Waals surface area contributed by atoms with Crippen molar-refractivity contribution in [1.29, 1.82) is 0 Å². The molecule has 0 spiro atoms. The van der Waals surface area contributed by atoms with Gasteiger partial charge in [0, 0.05) is 23.4 Å². The number of amides is 1. The van der Waals surface area contributed by atoms with E-state index in [2.05, 4.69) is 5.32 Å². The lowest BCUT2D eigenvalue weighted by atomic mass is 10.0. The minimum absolute atomic E-state index is 0.0417. The van der Waals surface area contributed by atoms with Crippen molar-refractivity contribution in [1.82, 2.24) is 19.9 Å². The Kier molecular flexibility index (Phi) is 6.35. The molecule has 8 heteroatoms. The molecule has 0 aliphatic carbocycles. The lowest BCUT2D eigenvalue weighted by Crippen LogP contribution is -2.27. The zero-order valence-corrected chi connectivity index (χ0v) is 20.9. The van der Waals surface area contributed by atoms with E-state index < -0.39 is 0 Å². The number of aromatic nitrogens is 3. The standard InChI is InChI=1S/C28H29FN4O3/c1-16(21-7-11-24-25(15-21)36-14-13-35-24)30-26(34)12-10-23-17(2)31-28-27(18(3)32-33(28)19(23)4)20-5-8-22(29)9-6-20/h5-9,11,15-16H,10,12-14H2,1-4H3,(H,30,34). The van der Waals surface area contributed by atoms with E-state index in [-0.39, 0.29) is 17.8 Å². The van der Waals surface area contributed by atoms with Crippen molar-refractivity contribution in [2.45, 2.75) is 46.6 Å². The normalized spacial score (nSPS) is 13.6. The van der Waals surface area contributed by atoms with Crippen LogP contribution in [0.2, 0.25) is 0 Å². The lowest BCUT2D eigenvalue weighted by Gasteiger charge is -2.21. The maximum atomic E-state index is 13.4. The molecule has 1 atom stereocenters. The lowest BCUT2D eigenvalue weighted by molar-refractivity contribution is -0.121. The Hall–Kier alpha value is -3.94. The van der Waals surface area contributed by atoms with Gasteiger partial charge in [-0.1, -0.05) is 18.2 Å². The fourth-order valence-electron chi connectivity index (χ4n) is 4.75. The van der Waals surface area contributed by atoms with Crippen LogP contribution in [0.25, 0.3) is 16.8 Å². The Morgan fingerprint density at radius 3 is 2.53 bits per heavy atom. The molecule has 0 fully saturated rings. The molecule has 1 unspecified atom stereocenters. The second-order valence-electron chi connectivity index (χ2n) is 9.16. The number of fused-ring (bicyclic) bond motifs is 2. The summed E-state index contributed by atoms with van der Waals surface area (Å²) in [7, 11) is 0. The van der Waals surface area contributed by atoms with Gasteiger partial charge in [-0.15, -0.1) is 0 Å². The Morgan fingerprint density at radius 2 is 1.78 bits per heavy atom. The first-order chi connectivity index (χ1) is 17.3. The highest BCUT2D eigenvalue weighted by Crippen LogP contribution is 2.33. The number of benzene rings is 2. The van der Waals surface area contributed by atoms with Gasteiger partial charge >= 0.3 is 0 Å². The third-order valence-electron chi connectivity index (χ3n) is 6.68. The highest BCUT2D eigenvalue weighted by atomic mass is 19.1. The molecule has 3 heterocycles. The SMILES string of the molecule is Cc1nc2c(-c3ccc(F)cc3)c(C)nn2c(C)c1CCC(=O)NC(C)c1ccc2c(c1)OCCO2. The van der Waals surface area contributed by atoms with Crippen LogP contribution in [-0.2, 0) is 11.2 Å². The first kappa shape index (κ1) is 23.8. The summed E-state index contributed by atoms with van der Waals surface area (Å²) in [6, 6.07) is 12.0. The fourth-order valence-corrected chi connectivity index (χ4v) is 4.75. The van der Waals surface area contributed by atoms with Crippen molar-refractivity contribution >= 4 is 11.6 Å². The number of nitrogens with one attached hydrogen (secondary N) is 1. The molecule has 1 aliphatic rings. The summed E-state index contributed by atoms with van der Waals surface area (Å²) in [6.07, 6.45) is 0.875. The minimum atomic E-state index is -0.281. The van der Waals surface area contributed by atoms with Crippen molar-refractivity contribution in [3.8, 4) is 22.6 Å². The summed E-state index contributed by atoms with van der Waals surface area (Å²) in [5.74, 6) is 1.12.